The summed E-state index contributed by atoms with van der Waals surface area (Å²) in [6.07, 6.45) is 3.98. The molecule has 0 radical (unpaired) electrons. The van der Waals surface area contributed by atoms with Gasteiger partial charge < -0.3 is 9.64 Å². The number of nitrogens with zero attached hydrogens (tertiary/aromatic N) is 5. The Morgan fingerprint density at radius 3 is 3.14 bits per heavy atom. The summed E-state index contributed by atoms with van der Waals surface area (Å²) >= 11 is 0. The van der Waals surface area contributed by atoms with E-state index in [4.69, 9.17) is 4.74 Å². The molecule has 2 aromatic rings. The number of amides is 1. The van der Waals surface area contributed by atoms with E-state index in [1.165, 1.54) is 0 Å². The number of ether oxygens (including phenoxy) is 1. The fraction of sp³-hybridized carbons (Fsp3) is 0.571. The molecule has 1 N–H and O–H groups in total. The molecular weight excluding hydrogens is 284 g/mol. The molecule has 1 amide bonds. The van der Waals surface area contributed by atoms with Crippen molar-refractivity contribution in [1.82, 2.24) is 29.9 Å². The number of aromatic amines is 1. The SMILES string of the molecule is CCc1nc([C@@H]2CN(C(=O)[C@@H](C)n3cccn3)CCO2)n[nH]1. The number of rotatable bonds is 4. The third-order valence-corrected chi connectivity index (χ3v) is 3.83. The van der Waals surface area contributed by atoms with Crippen molar-refractivity contribution in [2.24, 2.45) is 0 Å². The van der Waals surface area contributed by atoms with Crippen molar-refractivity contribution in [1.29, 1.82) is 0 Å². The number of aromatic nitrogens is 5. The van der Waals surface area contributed by atoms with Crippen LogP contribution in [0.3, 0.4) is 0 Å². The Labute approximate surface area is 128 Å². The van der Waals surface area contributed by atoms with E-state index < -0.39 is 0 Å². The Balaban J connectivity index is 1.68. The third-order valence-electron chi connectivity index (χ3n) is 3.83. The number of hydrogen-bond donors (Lipinski definition) is 1. The van der Waals surface area contributed by atoms with Crippen LogP contribution in [0.1, 0.15) is 37.6 Å². The van der Waals surface area contributed by atoms with Crippen LogP contribution >= 0.6 is 0 Å². The van der Waals surface area contributed by atoms with Crippen LogP contribution in [-0.4, -0.2) is 55.5 Å². The highest BCUT2D eigenvalue weighted by atomic mass is 16.5. The van der Waals surface area contributed by atoms with E-state index in [-0.39, 0.29) is 18.1 Å². The first kappa shape index (κ1) is 14.7. The van der Waals surface area contributed by atoms with Crippen molar-refractivity contribution < 1.29 is 9.53 Å². The molecule has 0 unspecified atom stereocenters. The van der Waals surface area contributed by atoms with E-state index in [0.717, 1.165) is 12.2 Å². The van der Waals surface area contributed by atoms with E-state index in [1.807, 2.05) is 19.9 Å². The lowest BCUT2D eigenvalue weighted by atomic mass is 10.2. The third kappa shape index (κ3) is 2.87. The highest BCUT2D eigenvalue weighted by molar-refractivity contribution is 5.80. The average Bonchev–Trinajstić information content (AvgIpc) is 3.24. The molecule has 0 aliphatic carbocycles. The lowest BCUT2D eigenvalue weighted by Gasteiger charge is -2.33. The predicted octanol–water partition coefficient (Wildman–Crippen LogP) is 0.725. The van der Waals surface area contributed by atoms with Gasteiger partial charge in [-0.25, -0.2) is 4.98 Å². The fourth-order valence-electron chi connectivity index (χ4n) is 2.50. The molecule has 3 heterocycles. The minimum absolute atomic E-state index is 0.0308. The monoisotopic (exact) mass is 304 g/mol. The maximum absolute atomic E-state index is 12.6. The van der Waals surface area contributed by atoms with Gasteiger partial charge in [0.25, 0.3) is 0 Å². The first-order valence-corrected chi connectivity index (χ1v) is 7.49. The molecule has 2 aromatic heterocycles. The van der Waals surface area contributed by atoms with Gasteiger partial charge in [0.2, 0.25) is 5.91 Å². The zero-order valence-electron chi connectivity index (χ0n) is 12.8. The van der Waals surface area contributed by atoms with Crippen LogP contribution in [0.5, 0.6) is 0 Å². The zero-order chi connectivity index (χ0) is 15.5. The molecule has 8 heteroatoms. The lowest BCUT2D eigenvalue weighted by molar-refractivity contribution is -0.142. The van der Waals surface area contributed by atoms with Gasteiger partial charge in [0, 0.05) is 25.4 Å². The maximum atomic E-state index is 12.6. The average molecular weight is 304 g/mol. The van der Waals surface area contributed by atoms with Crippen molar-refractivity contribution in [3.8, 4) is 0 Å². The summed E-state index contributed by atoms with van der Waals surface area (Å²) in [4.78, 5) is 18.8. The molecule has 1 aliphatic heterocycles. The topological polar surface area (TPSA) is 88.9 Å². The summed E-state index contributed by atoms with van der Waals surface area (Å²) < 4.78 is 7.37. The molecule has 0 aromatic carbocycles. The van der Waals surface area contributed by atoms with Crippen molar-refractivity contribution in [3.05, 3.63) is 30.1 Å². The van der Waals surface area contributed by atoms with Gasteiger partial charge in [0.15, 0.2) is 5.82 Å². The molecule has 8 nitrogen and oxygen atoms in total. The molecule has 0 bridgehead atoms. The van der Waals surface area contributed by atoms with Gasteiger partial charge in [-0.3, -0.25) is 14.6 Å². The molecule has 2 atom stereocenters. The summed E-state index contributed by atoms with van der Waals surface area (Å²) in [5.74, 6) is 1.47. The van der Waals surface area contributed by atoms with Crippen LogP contribution in [0.2, 0.25) is 0 Å². The van der Waals surface area contributed by atoms with Gasteiger partial charge in [-0.1, -0.05) is 6.92 Å². The minimum Gasteiger partial charge on any atom is -0.366 e. The summed E-state index contributed by atoms with van der Waals surface area (Å²) in [6.45, 7) is 5.38. The van der Waals surface area contributed by atoms with E-state index >= 15 is 0 Å². The van der Waals surface area contributed by atoms with Gasteiger partial charge in [-0.05, 0) is 13.0 Å². The highest BCUT2D eigenvalue weighted by Crippen LogP contribution is 2.21. The number of morpholine rings is 1. The molecular formula is C14H20N6O2. The van der Waals surface area contributed by atoms with E-state index in [2.05, 4.69) is 20.3 Å². The second kappa shape index (κ2) is 6.27. The second-order valence-corrected chi connectivity index (χ2v) is 5.30. The Morgan fingerprint density at radius 1 is 1.59 bits per heavy atom. The van der Waals surface area contributed by atoms with Gasteiger partial charge in [0.1, 0.15) is 18.0 Å². The first-order valence-electron chi connectivity index (χ1n) is 7.49. The van der Waals surface area contributed by atoms with Gasteiger partial charge in [0.05, 0.1) is 13.2 Å². The second-order valence-electron chi connectivity index (χ2n) is 5.30. The Kier molecular flexibility index (Phi) is 4.19. The molecule has 1 saturated heterocycles. The van der Waals surface area contributed by atoms with Crippen LogP contribution in [0, 0.1) is 0 Å². The quantitative estimate of drug-likeness (QED) is 0.899. The Hall–Kier alpha value is -2.22. The molecule has 118 valence electrons. The van der Waals surface area contributed by atoms with Crippen LogP contribution in [-0.2, 0) is 16.0 Å². The van der Waals surface area contributed by atoms with Crippen molar-refractivity contribution in [3.63, 3.8) is 0 Å². The van der Waals surface area contributed by atoms with Gasteiger partial charge in [-0.2, -0.15) is 10.2 Å². The largest absolute Gasteiger partial charge is 0.366 e. The Morgan fingerprint density at radius 2 is 2.45 bits per heavy atom. The van der Waals surface area contributed by atoms with Crippen molar-refractivity contribution in [2.45, 2.75) is 32.4 Å². The summed E-state index contributed by atoms with van der Waals surface area (Å²) in [6, 6.07) is 1.48. The number of H-pyrrole nitrogens is 1. The molecule has 1 fully saturated rings. The van der Waals surface area contributed by atoms with E-state index in [1.54, 1.807) is 22.0 Å². The summed E-state index contributed by atoms with van der Waals surface area (Å²) in [5, 5.41) is 11.2. The summed E-state index contributed by atoms with van der Waals surface area (Å²) in [5.41, 5.74) is 0. The standard InChI is InChI=1S/C14H20N6O2/c1-3-12-16-13(18-17-12)11-9-19(7-8-22-11)14(21)10(2)20-6-4-5-15-20/h4-6,10-11H,3,7-9H2,1-2H3,(H,16,17,18)/t10-,11+/m1/s1. The van der Waals surface area contributed by atoms with Crippen LogP contribution in [0.15, 0.2) is 18.5 Å². The highest BCUT2D eigenvalue weighted by Gasteiger charge is 2.30. The number of aryl methyl sites for hydroxylation is 1. The lowest BCUT2D eigenvalue weighted by Crippen LogP contribution is -2.45. The zero-order valence-corrected chi connectivity index (χ0v) is 12.8. The van der Waals surface area contributed by atoms with Crippen LogP contribution in [0.25, 0.3) is 0 Å². The predicted molar refractivity (Wildman–Crippen MR) is 78.0 cm³/mol. The normalized spacial score (nSPS) is 20.1. The molecule has 3 rings (SSSR count). The van der Waals surface area contributed by atoms with Crippen LogP contribution < -0.4 is 0 Å². The fourth-order valence-corrected chi connectivity index (χ4v) is 2.50. The molecule has 1 aliphatic rings. The smallest absolute Gasteiger partial charge is 0.247 e. The van der Waals surface area contributed by atoms with Gasteiger partial charge >= 0.3 is 0 Å². The Bertz CT molecular complexity index is 623. The number of nitrogens with one attached hydrogen (secondary N) is 1. The van der Waals surface area contributed by atoms with Crippen molar-refractivity contribution in [2.75, 3.05) is 19.7 Å². The maximum Gasteiger partial charge on any atom is 0.247 e. The van der Waals surface area contributed by atoms with E-state index in [0.29, 0.717) is 25.5 Å². The van der Waals surface area contributed by atoms with Crippen LogP contribution in [0.4, 0.5) is 0 Å². The molecule has 22 heavy (non-hydrogen) atoms. The molecule has 0 spiro atoms. The van der Waals surface area contributed by atoms with E-state index in [9.17, 15) is 4.79 Å². The minimum atomic E-state index is -0.327. The number of carbonyl (C=O) groups excluding carboxylic acids is 1. The first-order chi connectivity index (χ1) is 10.7. The van der Waals surface area contributed by atoms with Crippen molar-refractivity contribution >= 4 is 5.91 Å². The molecule has 0 saturated carbocycles. The number of carbonyl (C=O) groups is 1. The van der Waals surface area contributed by atoms with Gasteiger partial charge in [-0.15, -0.1) is 0 Å². The summed E-state index contributed by atoms with van der Waals surface area (Å²) in [7, 11) is 0. The number of hydrogen-bond acceptors (Lipinski definition) is 5.